The van der Waals surface area contributed by atoms with Crippen LogP contribution in [0.15, 0.2) is 12.1 Å². The number of aromatic nitrogens is 2. The number of halogens is 1. The molecule has 3 saturated heterocycles. The number of nitrogens with one attached hydrogen (secondary N) is 1. The summed E-state index contributed by atoms with van der Waals surface area (Å²) < 4.78 is 44.6. The average Bonchev–Trinajstić information content (AvgIpc) is 3.39. The van der Waals surface area contributed by atoms with Gasteiger partial charge in [0.1, 0.15) is 15.7 Å². The van der Waals surface area contributed by atoms with Crippen molar-refractivity contribution in [1.29, 1.82) is 0 Å². The van der Waals surface area contributed by atoms with Gasteiger partial charge in [-0.3, -0.25) is 0 Å². The van der Waals surface area contributed by atoms with Crippen molar-refractivity contribution in [3.05, 3.63) is 17.9 Å². The van der Waals surface area contributed by atoms with E-state index in [1.165, 1.54) is 25.3 Å². The molecular formula is C25H36FN5O3S. The van der Waals surface area contributed by atoms with Crippen LogP contribution in [0, 0.1) is 5.82 Å². The summed E-state index contributed by atoms with van der Waals surface area (Å²) in [6.45, 7) is 5.51. The molecule has 1 aromatic heterocycles. The van der Waals surface area contributed by atoms with Gasteiger partial charge in [0, 0.05) is 37.1 Å². The summed E-state index contributed by atoms with van der Waals surface area (Å²) in [7, 11) is -2.96. The number of likely N-dealkylation sites (tertiary alicyclic amines) is 1. The van der Waals surface area contributed by atoms with Crippen molar-refractivity contribution >= 4 is 32.5 Å². The van der Waals surface area contributed by atoms with E-state index < -0.39 is 15.7 Å². The Bertz CT molecular complexity index is 1120. The molecule has 0 amide bonds. The van der Waals surface area contributed by atoms with E-state index in [4.69, 9.17) is 14.7 Å². The van der Waals surface area contributed by atoms with E-state index in [0.717, 1.165) is 52.0 Å². The number of anilines is 2. The molecule has 0 atom stereocenters. The Labute approximate surface area is 207 Å². The lowest BCUT2D eigenvalue weighted by atomic mass is 10.1. The third-order valence-corrected chi connectivity index (χ3v) is 9.06. The zero-order valence-electron chi connectivity index (χ0n) is 20.3. The quantitative estimate of drug-likeness (QED) is 0.545. The van der Waals surface area contributed by atoms with Gasteiger partial charge in [-0.25, -0.2) is 17.8 Å². The lowest BCUT2D eigenvalue weighted by molar-refractivity contribution is 0.203. The number of hydrogen-bond donors (Lipinski definition) is 1. The van der Waals surface area contributed by atoms with Crippen LogP contribution in [0.2, 0.25) is 0 Å². The van der Waals surface area contributed by atoms with Crippen LogP contribution in [0.25, 0.3) is 10.9 Å². The molecule has 3 fully saturated rings. The molecule has 1 N–H and O–H groups in total. The second-order valence-corrected chi connectivity index (χ2v) is 12.3. The first kappa shape index (κ1) is 24.5. The number of hydrogen-bond acceptors (Lipinski definition) is 8. The zero-order chi connectivity index (χ0) is 24.3. The highest BCUT2D eigenvalue weighted by Gasteiger charge is 2.26. The molecule has 0 radical (unpaired) electrons. The first-order chi connectivity index (χ1) is 17.0. The van der Waals surface area contributed by atoms with E-state index in [-0.39, 0.29) is 23.3 Å². The minimum Gasteiger partial charge on any atom is -0.490 e. The van der Waals surface area contributed by atoms with E-state index in [1.807, 2.05) is 0 Å². The number of benzene rings is 1. The Balaban J connectivity index is 1.34. The fourth-order valence-corrected chi connectivity index (χ4v) is 6.77. The first-order valence-electron chi connectivity index (χ1n) is 13.1. The van der Waals surface area contributed by atoms with Crippen molar-refractivity contribution in [2.75, 3.05) is 61.1 Å². The minimum atomic E-state index is -2.96. The SMILES string of the molecule is O=S1(=O)CCC(Nc2nc(N3CCCC3)nc3cc(OCCCN4CCCCC4)c(F)cc23)CC1. The third-order valence-electron chi connectivity index (χ3n) is 7.35. The van der Waals surface area contributed by atoms with Crippen LogP contribution in [0.3, 0.4) is 0 Å². The highest BCUT2D eigenvalue weighted by molar-refractivity contribution is 7.91. The molecule has 0 bridgehead atoms. The molecule has 35 heavy (non-hydrogen) atoms. The number of nitrogens with zero attached hydrogens (tertiary/aromatic N) is 4. The van der Waals surface area contributed by atoms with E-state index in [0.29, 0.717) is 42.1 Å². The number of ether oxygens (including phenoxy) is 1. The van der Waals surface area contributed by atoms with Gasteiger partial charge in [0.25, 0.3) is 0 Å². The molecule has 8 nitrogen and oxygen atoms in total. The van der Waals surface area contributed by atoms with Crippen molar-refractivity contribution in [2.24, 2.45) is 0 Å². The summed E-state index contributed by atoms with van der Waals surface area (Å²) in [6.07, 6.45) is 7.92. The summed E-state index contributed by atoms with van der Waals surface area (Å²) in [5.41, 5.74) is 0.639. The maximum Gasteiger partial charge on any atom is 0.227 e. The molecule has 1 aromatic carbocycles. The predicted octanol–water partition coefficient (Wildman–Crippen LogP) is 3.61. The fraction of sp³-hybridized carbons (Fsp3) is 0.680. The van der Waals surface area contributed by atoms with Crippen molar-refractivity contribution in [1.82, 2.24) is 14.9 Å². The van der Waals surface area contributed by atoms with Gasteiger partial charge in [-0.2, -0.15) is 4.98 Å². The Morgan fingerprint density at radius 2 is 1.71 bits per heavy atom. The van der Waals surface area contributed by atoms with Gasteiger partial charge < -0.3 is 19.9 Å². The first-order valence-corrected chi connectivity index (χ1v) is 14.9. The predicted molar refractivity (Wildman–Crippen MR) is 137 cm³/mol. The van der Waals surface area contributed by atoms with E-state index in [1.54, 1.807) is 6.07 Å². The number of piperidine rings is 1. The molecule has 0 saturated carbocycles. The summed E-state index contributed by atoms with van der Waals surface area (Å²) in [5, 5.41) is 4.00. The molecule has 2 aromatic rings. The average molecular weight is 506 g/mol. The van der Waals surface area contributed by atoms with Gasteiger partial charge in [0.15, 0.2) is 11.6 Å². The van der Waals surface area contributed by atoms with E-state index in [2.05, 4.69) is 15.1 Å². The monoisotopic (exact) mass is 505 g/mol. The van der Waals surface area contributed by atoms with Crippen LogP contribution in [0.4, 0.5) is 16.2 Å². The lowest BCUT2D eigenvalue weighted by Crippen LogP contribution is -2.32. The van der Waals surface area contributed by atoms with Gasteiger partial charge in [0.2, 0.25) is 5.95 Å². The lowest BCUT2D eigenvalue weighted by Gasteiger charge is -2.26. The third kappa shape index (κ3) is 6.14. The molecule has 4 heterocycles. The van der Waals surface area contributed by atoms with Crippen LogP contribution in [-0.4, -0.2) is 80.2 Å². The summed E-state index contributed by atoms with van der Waals surface area (Å²) >= 11 is 0. The van der Waals surface area contributed by atoms with Crippen molar-refractivity contribution < 1.29 is 17.5 Å². The van der Waals surface area contributed by atoms with Crippen molar-refractivity contribution in [2.45, 2.75) is 57.4 Å². The van der Waals surface area contributed by atoms with Crippen LogP contribution in [0.5, 0.6) is 5.75 Å². The highest BCUT2D eigenvalue weighted by Crippen LogP contribution is 2.32. The van der Waals surface area contributed by atoms with E-state index >= 15 is 4.39 Å². The molecule has 3 aliphatic heterocycles. The summed E-state index contributed by atoms with van der Waals surface area (Å²) in [6, 6.07) is 3.12. The minimum absolute atomic E-state index is 0.0168. The molecular weight excluding hydrogens is 469 g/mol. The van der Waals surface area contributed by atoms with Crippen LogP contribution in [0.1, 0.15) is 51.4 Å². The number of sulfone groups is 1. The van der Waals surface area contributed by atoms with Gasteiger partial charge >= 0.3 is 0 Å². The maximum atomic E-state index is 15.1. The molecule has 0 spiro atoms. The normalized spacial score (nSPS) is 21.5. The van der Waals surface area contributed by atoms with Crippen molar-refractivity contribution in [3.8, 4) is 5.75 Å². The molecule has 192 valence electrons. The Morgan fingerprint density at radius 3 is 2.46 bits per heavy atom. The van der Waals surface area contributed by atoms with Crippen LogP contribution in [-0.2, 0) is 9.84 Å². The zero-order valence-corrected chi connectivity index (χ0v) is 21.2. The smallest absolute Gasteiger partial charge is 0.227 e. The fourth-order valence-electron chi connectivity index (χ4n) is 5.28. The van der Waals surface area contributed by atoms with Crippen LogP contribution < -0.4 is 15.0 Å². The van der Waals surface area contributed by atoms with Gasteiger partial charge in [-0.15, -0.1) is 0 Å². The van der Waals surface area contributed by atoms with Gasteiger partial charge in [-0.05, 0) is 64.1 Å². The van der Waals surface area contributed by atoms with Gasteiger partial charge in [-0.1, -0.05) is 6.42 Å². The Morgan fingerprint density at radius 1 is 1.00 bits per heavy atom. The Kier molecular flexibility index (Phi) is 7.57. The molecule has 3 aliphatic rings. The second-order valence-electron chi connectivity index (χ2n) is 10.0. The van der Waals surface area contributed by atoms with E-state index in [9.17, 15) is 8.42 Å². The number of fused-ring (bicyclic) bond motifs is 1. The highest BCUT2D eigenvalue weighted by atomic mass is 32.2. The molecule has 5 rings (SSSR count). The summed E-state index contributed by atoms with van der Waals surface area (Å²) in [5.74, 6) is 1.31. The molecule has 0 unspecified atom stereocenters. The Hall–Kier alpha value is -2.20. The molecule has 10 heteroatoms. The standard InChI is InChI=1S/C25H36FN5O3S/c26-21-17-20-22(18-23(21)34-14-6-11-30-9-2-1-3-10-30)28-25(31-12-4-5-13-31)29-24(20)27-19-7-15-35(32,33)16-8-19/h17-19H,1-16H2,(H,27,28,29). The largest absolute Gasteiger partial charge is 0.490 e. The van der Waals surface area contributed by atoms with Gasteiger partial charge in [0.05, 0.1) is 23.6 Å². The topological polar surface area (TPSA) is 87.7 Å². The summed E-state index contributed by atoms with van der Waals surface area (Å²) in [4.78, 5) is 14.1. The number of rotatable bonds is 8. The maximum absolute atomic E-state index is 15.1. The molecule has 0 aliphatic carbocycles. The van der Waals surface area contributed by atoms with Crippen LogP contribution >= 0.6 is 0 Å². The second kappa shape index (κ2) is 10.8. The van der Waals surface area contributed by atoms with Crippen molar-refractivity contribution in [3.63, 3.8) is 0 Å².